The number of nitrogens with zero attached hydrogens (tertiary/aromatic N) is 3. The van der Waals surface area contributed by atoms with Crippen molar-refractivity contribution >= 4 is 33.0 Å². The molecule has 31 heavy (non-hydrogen) atoms. The van der Waals surface area contributed by atoms with Gasteiger partial charge in [-0.2, -0.15) is 0 Å². The number of aromatic nitrogens is 1. The second-order valence-corrected chi connectivity index (χ2v) is 10.8. The van der Waals surface area contributed by atoms with Crippen LogP contribution in [0.4, 0.5) is 5.69 Å². The van der Waals surface area contributed by atoms with Crippen LogP contribution in [0.2, 0.25) is 0 Å². The molecule has 1 saturated heterocycles. The van der Waals surface area contributed by atoms with Crippen molar-refractivity contribution in [3.63, 3.8) is 0 Å². The lowest BCUT2D eigenvalue weighted by molar-refractivity contribution is 0.0951. The first-order valence-corrected chi connectivity index (χ1v) is 12.7. The van der Waals surface area contributed by atoms with Crippen molar-refractivity contribution in [1.82, 2.24) is 14.6 Å². The number of hydrogen-bond acceptors (Lipinski definition) is 7. The number of unbranched alkanes of at least 4 members (excludes halogenated alkanes) is 1. The van der Waals surface area contributed by atoms with E-state index >= 15 is 0 Å². The van der Waals surface area contributed by atoms with Gasteiger partial charge in [-0.15, -0.1) is 11.3 Å². The minimum absolute atomic E-state index is 0.110. The van der Waals surface area contributed by atoms with Crippen molar-refractivity contribution in [1.29, 1.82) is 0 Å². The molecule has 0 radical (unpaired) electrons. The first kappa shape index (κ1) is 23.6. The molecule has 0 saturated carbocycles. The van der Waals surface area contributed by atoms with Crippen molar-refractivity contribution in [2.45, 2.75) is 31.1 Å². The Labute approximate surface area is 188 Å². The Morgan fingerprint density at radius 2 is 2.00 bits per heavy atom. The van der Waals surface area contributed by atoms with Crippen molar-refractivity contribution in [2.24, 2.45) is 0 Å². The number of amides is 1. The third kappa shape index (κ3) is 6.03. The number of aryl methyl sites for hydroxylation is 2. The number of benzene rings is 1. The van der Waals surface area contributed by atoms with E-state index in [1.54, 1.807) is 23.5 Å². The first-order valence-electron chi connectivity index (χ1n) is 10.4. The van der Waals surface area contributed by atoms with Crippen LogP contribution in [-0.2, 0) is 21.2 Å². The highest BCUT2D eigenvalue weighted by molar-refractivity contribution is 7.89. The smallest absolute Gasteiger partial charge is 0.253 e. The molecule has 1 aromatic carbocycles. The molecular weight excluding hydrogens is 436 g/mol. The monoisotopic (exact) mass is 466 g/mol. The molecule has 1 fully saturated rings. The van der Waals surface area contributed by atoms with Crippen LogP contribution in [0.5, 0.6) is 0 Å². The van der Waals surface area contributed by atoms with Gasteiger partial charge in [0.2, 0.25) is 10.0 Å². The molecule has 8 nitrogen and oxygen atoms in total. The largest absolute Gasteiger partial charge is 0.378 e. The van der Waals surface area contributed by atoms with Gasteiger partial charge in [0.15, 0.2) is 0 Å². The Balaban J connectivity index is 1.70. The summed E-state index contributed by atoms with van der Waals surface area (Å²) in [5.41, 5.74) is 2.15. The fraction of sp³-hybridized carbons (Fsp3) is 0.524. The van der Waals surface area contributed by atoms with E-state index in [0.29, 0.717) is 38.4 Å². The topological polar surface area (TPSA) is 91.8 Å². The Hall–Kier alpha value is -2.01. The van der Waals surface area contributed by atoms with Gasteiger partial charge >= 0.3 is 0 Å². The van der Waals surface area contributed by atoms with Crippen LogP contribution in [0.3, 0.4) is 0 Å². The van der Waals surface area contributed by atoms with Crippen LogP contribution in [0, 0.1) is 6.92 Å². The molecular formula is C21H30N4O4S2. The molecule has 1 aromatic heterocycles. The van der Waals surface area contributed by atoms with E-state index in [0.717, 1.165) is 40.0 Å². The van der Waals surface area contributed by atoms with Crippen LogP contribution >= 0.6 is 11.3 Å². The van der Waals surface area contributed by atoms with E-state index in [-0.39, 0.29) is 10.8 Å². The van der Waals surface area contributed by atoms with Crippen molar-refractivity contribution in [3.8, 4) is 0 Å². The van der Waals surface area contributed by atoms with E-state index in [2.05, 4.69) is 15.2 Å². The quantitative estimate of drug-likeness (QED) is 0.570. The fourth-order valence-electron chi connectivity index (χ4n) is 3.36. The summed E-state index contributed by atoms with van der Waals surface area (Å²) in [6.45, 7) is 4.98. The Morgan fingerprint density at radius 3 is 2.65 bits per heavy atom. The number of sulfonamides is 1. The fourth-order valence-corrected chi connectivity index (χ4v) is 5.11. The zero-order valence-corrected chi connectivity index (χ0v) is 19.9. The average Bonchev–Trinajstić information content (AvgIpc) is 3.18. The molecule has 0 bridgehead atoms. The molecule has 2 heterocycles. The van der Waals surface area contributed by atoms with Gasteiger partial charge < -0.3 is 15.0 Å². The third-order valence-electron chi connectivity index (χ3n) is 5.11. The second-order valence-electron chi connectivity index (χ2n) is 7.66. The number of rotatable bonds is 9. The average molecular weight is 467 g/mol. The third-order valence-corrected chi connectivity index (χ3v) is 7.95. The van der Waals surface area contributed by atoms with Crippen LogP contribution in [0.15, 0.2) is 28.5 Å². The minimum atomic E-state index is -3.63. The molecule has 0 atom stereocenters. The van der Waals surface area contributed by atoms with E-state index < -0.39 is 10.0 Å². The summed E-state index contributed by atoms with van der Waals surface area (Å²) >= 11 is 1.66. The van der Waals surface area contributed by atoms with E-state index in [1.165, 1.54) is 20.2 Å². The Kier molecular flexibility index (Phi) is 8.04. The molecule has 1 N–H and O–H groups in total. The highest BCUT2D eigenvalue weighted by Crippen LogP contribution is 2.26. The van der Waals surface area contributed by atoms with Gasteiger partial charge in [0.05, 0.1) is 28.7 Å². The maximum Gasteiger partial charge on any atom is 0.253 e. The number of anilines is 1. The molecule has 10 heteroatoms. The lowest BCUT2D eigenvalue weighted by Crippen LogP contribution is -2.38. The molecule has 1 amide bonds. The number of carbonyl (C=O) groups excluding carboxylic acids is 1. The highest BCUT2D eigenvalue weighted by atomic mass is 32.2. The molecule has 1 aliphatic rings. The van der Waals surface area contributed by atoms with Crippen LogP contribution in [0.25, 0.3) is 0 Å². The summed E-state index contributed by atoms with van der Waals surface area (Å²) in [4.78, 5) is 19.6. The predicted molar refractivity (Wildman–Crippen MR) is 122 cm³/mol. The molecule has 0 aliphatic carbocycles. The normalized spacial score (nSPS) is 14.8. The minimum Gasteiger partial charge on any atom is -0.378 e. The number of hydrogen-bond donors (Lipinski definition) is 1. The second kappa shape index (κ2) is 10.5. The lowest BCUT2D eigenvalue weighted by atomic mass is 10.1. The van der Waals surface area contributed by atoms with Gasteiger partial charge in [-0.05, 0) is 44.4 Å². The van der Waals surface area contributed by atoms with Gasteiger partial charge in [-0.1, -0.05) is 0 Å². The molecule has 2 aromatic rings. The number of carbonyl (C=O) groups is 1. The molecule has 0 spiro atoms. The van der Waals surface area contributed by atoms with Gasteiger partial charge in [-0.3, -0.25) is 4.79 Å². The molecule has 3 rings (SSSR count). The first-order chi connectivity index (χ1) is 14.8. The zero-order valence-electron chi connectivity index (χ0n) is 18.3. The molecule has 170 valence electrons. The van der Waals surface area contributed by atoms with Crippen molar-refractivity contribution in [2.75, 3.05) is 51.8 Å². The number of nitrogens with one attached hydrogen (secondary N) is 1. The summed E-state index contributed by atoms with van der Waals surface area (Å²) in [7, 11) is -0.672. The SMILES string of the molecule is Cc1csc(CCCCNC(=O)c2cc(S(=O)(=O)N(C)C)ccc2N2CCOCC2)n1. The summed E-state index contributed by atoms with van der Waals surface area (Å²) < 4.78 is 31.7. The zero-order chi connectivity index (χ0) is 22.4. The van der Waals surface area contributed by atoms with Gasteiger partial charge in [0.1, 0.15) is 0 Å². The molecule has 0 unspecified atom stereocenters. The summed E-state index contributed by atoms with van der Waals surface area (Å²) in [5, 5.41) is 6.11. The van der Waals surface area contributed by atoms with E-state index in [4.69, 9.17) is 4.74 Å². The molecule has 1 aliphatic heterocycles. The van der Waals surface area contributed by atoms with E-state index in [1.807, 2.05) is 12.3 Å². The van der Waals surface area contributed by atoms with Gasteiger partial charge in [0, 0.05) is 50.5 Å². The number of ether oxygens (including phenoxy) is 1. The van der Waals surface area contributed by atoms with Crippen LogP contribution in [0.1, 0.15) is 33.9 Å². The van der Waals surface area contributed by atoms with Gasteiger partial charge in [0.25, 0.3) is 5.91 Å². The highest BCUT2D eigenvalue weighted by Gasteiger charge is 2.24. The number of morpholine rings is 1. The summed E-state index contributed by atoms with van der Waals surface area (Å²) in [6, 6.07) is 4.77. The van der Waals surface area contributed by atoms with Crippen molar-refractivity contribution < 1.29 is 17.9 Å². The summed E-state index contributed by atoms with van der Waals surface area (Å²) in [5.74, 6) is -0.262. The lowest BCUT2D eigenvalue weighted by Gasteiger charge is -2.30. The van der Waals surface area contributed by atoms with Crippen LogP contribution < -0.4 is 10.2 Å². The maximum absolute atomic E-state index is 13.0. The van der Waals surface area contributed by atoms with E-state index in [9.17, 15) is 13.2 Å². The van der Waals surface area contributed by atoms with Gasteiger partial charge in [-0.25, -0.2) is 17.7 Å². The van der Waals surface area contributed by atoms with Crippen molar-refractivity contribution in [3.05, 3.63) is 39.8 Å². The van der Waals surface area contributed by atoms with Crippen LogP contribution in [-0.4, -0.2) is 70.6 Å². The summed E-state index contributed by atoms with van der Waals surface area (Å²) in [6.07, 6.45) is 2.65. The maximum atomic E-state index is 13.0. The standard InChI is InChI=1S/C21H30N4O4S2/c1-16-15-30-20(23-16)6-4-5-9-22-21(26)18-14-17(31(27,28)24(2)3)7-8-19(18)25-10-12-29-13-11-25/h7-8,14-15H,4-6,9-13H2,1-3H3,(H,22,26). The Bertz CT molecular complexity index is 999. The number of thiazole rings is 1. The predicted octanol–water partition coefficient (Wildman–Crippen LogP) is 2.29. The Morgan fingerprint density at radius 1 is 1.26 bits per heavy atom.